The van der Waals surface area contributed by atoms with Crippen molar-refractivity contribution in [3.8, 4) is 11.5 Å². The molecule has 0 spiro atoms. The Labute approximate surface area is 217 Å². The number of carbonyl (C=O) groups is 3. The van der Waals surface area contributed by atoms with Crippen molar-refractivity contribution in [1.29, 1.82) is 0 Å². The van der Waals surface area contributed by atoms with Gasteiger partial charge >= 0.3 is 11.9 Å². The number of rotatable bonds is 7. The summed E-state index contributed by atoms with van der Waals surface area (Å²) in [4.78, 5) is 45.0. The molecule has 1 atom stereocenters. The number of amides is 1. The van der Waals surface area contributed by atoms with Crippen LogP contribution in [0.1, 0.15) is 45.0 Å². The van der Waals surface area contributed by atoms with Gasteiger partial charge in [0.15, 0.2) is 5.13 Å². The van der Waals surface area contributed by atoms with Gasteiger partial charge in [0.1, 0.15) is 28.2 Å². The van der Waals surface area contributed by atoms with Crippen molar-refractivity contribution in [2.75, 3.05) is 25.7 Å². The van der Waals surface area contributed by atoms with Crippen LogP contribution in [0.3, 0.4) is 0 Å². The Kier molecular flexibility index (Phi) is 7.30. The van der Waals surface area contributed by atoms with Crippen LogP contribution in [0, 0.1) is 13.8 Å². The van der Waals surface area contributed by atoms with Crippen LogP contribution >= 0.6 is 11.3 Å². The fourth-order valence-corrected chi connectivity index (χ4v) is 5.27. The predicted molar refractivity (Wildman–Crippen MR) is 138 cm³/mol. The minimum absolute atomic E-state index is 0.113. The molecule has 1 saturated heterocycles. The fraction of sp³-hybridized carbons (Fsp3) is 0.259. The third-order valence-corrected chi connectivity index (χ3v) is 7.15. The predicted octanol–water partition coefficient (Wildman–Crippen LogP) is 4.58. The van der Waals surface area contributed by atoms with E-state index in [9.17, 15) is 19.5 Å². The number of benzene rings is 2. The van der Waals surface area contributed by atoms with E-state index in [2.05, 4.69) is 4.98 Å². The van der Waals surface area contributed by atoms with Crippen LogP contribution in [0.4, 0.5) is 5.13 Å². The summed E-state index contributed by atoms with van der Waals surface area (Å²) in [5.74, 6) is -1.66. The molecule has 1 amide bonds. The monoisotopic (exact) mass is 522 g/mol. The van der Waals surface area contributed by atoms with E-state index in [0.717, 1.165) is 11.3 Å². The molecule has 1 aliphatic rings. The highest BCUT2D eigenvalue weighted by Gasteiger charge is 2.49. The van der Waals surface area contributed by atoms with Gasteiger partial charge in [0.25, 0.3) is 5.78 Å². The first kappa shape index (κ1) is 25.9. The first-order valence-electron chi connectivity index (χ1n) is 11.5. The summed E-state index contributed by atoms with van der Waals surface area (Å²) in [6.07, 6.45) is 0. The summed E-state index contributed by atoms with van der Waals surface area (Å²) in [5.41, 5.74) is 1.76. The van der Waals surface area contributed by atoms with Crippen LogP contribution in [-0.4, -0.2) is 48.6 Å². The summed E-state index contributed by atoms with van der Waals surface area (Å²) < 4.78 is 15.9. The first-order valence-corrected chi connectivity index (χ1v) is 12.3. The maximum atomic E-state index is 13.5. The summed E-state index contributed by atoms with van der Waals surface area (Å²) in [7, 11) is 2.78. The van der Waals surface area contributed by atoms with Gasteiger partial charge in [-0.1, -0.05) is 29.5 Å². The van der Waals surface area contributed by atoms with E-state index >= 15 is 0 Å². The maximum absolute atomic E-state index is 13.5. The lowest BCUT2D eigenvalue weighted by molar-refractivity contribution is -0.132. The number of aromatic nitrogens is 1. The van der Waals surface area contributed by atoms with Gasteiger partial charge < -0.3 is 19.3 Å². The highest BCUT2D eigenvalue weighted by molar-refractivity contribution is 7.17. The second-order valence-electron chi connectivity index (χ2n) is 8.22. The van der Waals surface area contributed by atoms with Gasteiger partial charge in [0, 0.05) is 11.1 Å². The molecule has 1 fully saturated rings. The van der Waals surface area contributed by atoms with E-state index in [0.29, 0.717) is 40.5 Å². The Morgan fingerprint density at radius 3 is 2.51 bits per heavy atom. The van der Waals surface area contributed by atoms with Crippen molar-refractivity contribution in [2.24, 2.45) is 0 Å². The number of carbonyl (C=O) groups excluding carboxylic acids is 3. The zero-order valence-electron chi connectivity index (χ0n) is 21.0. The Morgan fingerprint density at radius 2 is 1.86 bits per heavy atom. The number of aliphatic hydroxyl groups is 1. The second kappa shape index (κ2) is 10.4. The lowest BCUT2D eigenvalue weighted by atomic mass is 9.93. The van der Waals surface area contributed by atoms with Crippen LogP contribution in [0.2, 0.25) is 0 Å². The number of aryl methyl sites for hydroxylation is 2. The number of nitrogens with zero attached hydrogens (tertiary/aromatic N) is 2. The molecule has 37 heavy (non-hydrogen) atoms. The topological polar surface area (TPSA) is 115 Å². The van der Waals surface area contributed by atoms with Crippen molar-refractivity contribution in [3.63, 3.8) is 0 Å². The molecule has 9 nitrogen and oxygen atoms in total. The average Bonchev–Trinajstić information content (AvgIpc) is 3.40. The van der Waals surface area contributed by atoms with Crippen molar-refractivity contribution >= 4 is 39.9 Å². The number of thiazole rings is 1. The van der Waals surface area contributed by atoms with E-state index < -0.39 is 23.7 Å². The minimum Gasteiger partial charge on any atom is -0.507 e. The average molecular weight is 523 g/mol. The van der Waals surface area contributed by atoms with Gasteiger partial charge in [-0.15, -0.1) is 0 Å². The summed E-state index contributed by atoms with van der Waals surface area (Å²) in [6, 6.07) is 10.9. The fourth-order valence-electron chi connectivity index (χ4n) is 4.26. The molecule has 0 bridgehead atoms. The van der Waals surface area contributed by atoms with Crippen LogP contribution < -0.4 is 14.4 Å². The zero-order chi connectivity index (χ0) is 26.9. The number of hydrogen-bond donors (Lipinski definition) is 1. The standard InChI is InChI=1S/C27H26N2O7S/c1-6-36-19-10-8-7-9-18(19)21-20(22(30)17-12-11-16(34-4)13-14(17)2)23(31)25(32)29(21)27-28-15(3)24(37-27)26(33)35-5/h7-13,21,30H,6H2,1-5H3/b22-20+/t21-/m1/s1. The molecule has 0 saturated carbocycles. The third-order valence-electron chi connectivity index (χ3n) is 6.01. The molecule has 4 rings (SSSR count). The van der Waals surface area contributed by atoms with Crippen molar-refractivity contribution in [1.82, 2.24) is 4.98 Å². The number of hydrogen-bond acceptors (Lipinski definition) is 9. The lowest BCUT2D eigenvalue weighted by Gasteiger charge is -2.25. The van der Waals surface area contributed by atoms with Gasteiger partial charge in [-0.25, -0.2) is 9.78 Å². The molecule has 0 radical (unpaired) electrons. The molecule has 0 aliphatic carbocycles. The number of esters is 1. The van der Waals surface area contributed by atoms with Gasteiger partial charge in [0.2, 0.25) is 0 Å². The van der Waals surface area contributed by atoms with Crippen molar-refractivity contribution < 1.29 is 33.7 Å². The summed E-state index contributed by atoms with van der Waals surface area (Å²) in [5, 5.41) is 11.6. The highest BCUT2D eigenvalue weighted by atomic mass is 32.1. The van der Waals surface area contributed by atoms with Crippen molar-refractivity contribution in [2.45, 2.75) is 26.8 Å². The van der Waals surface area contributed by atoms with Crippen LogP contribution in [0.25, 0.3) is 5.76 Å². The van der Waals surface area contributed by atoms with E-state index in [1.165, 1.54) is 19.1 Å². The summed E-state index contributed by atoms with van der Waals surface area (Å²) >= 11 is 0.936. The van der Waals surface area contributed by atoms with Gasteiger partial charge in [-0.05, 0) is 50.6 Å². The van der Waals surface area contributed by atoms with Crippen LogP contribution in [-0.2, 0) is 14.3 Å². The summed E-state index contributed by atoms with van der Waals surface area (Å²) in [6.45, 7) is 5.55. The smallest absolute Gasteiger partial charge is 0.350 e. The Balaban J connectivity index is 1.99. The second-order valence-corrected chi connectivity index (χ2v) is 9.20. The Hall–Kier alpha value is -4.18. The molecule has 0 unspecified atom stereocenters. The molecule has 10 heteroatoms. The molecule has 1 N–H and O–H groups in total. The normalized spacial score (nSPS) is 16.7. The molecular weight excluding hydrogens is 496 g/mol. The van der Waals surface area contributed by atoms with Crippen LogP contribution in [0.5, 0.6) is 11.5 Å². The SMILES string of the molecule is CCOc1ccccc1[C@@H]1/C(=C(\O)c2ccc(OC)cc2C)C(=O)C(=O)N1c1nc(C)c(C(=O)OC)s1. The zero-order valence-corrected chi connectivity index (χ0v) is 21.8. The quantitative estimate of drug-likeness (QED) is 0.208. The molecule has 2 heterocycles. The largest absolute Gasteiger partial charge is 0.507 e. The van der Waals surface area contributed by atoms with E-state index in [4.69, 9.17) is 14.2 Å². The minimum atomic E-state index is -1.06. The molecule has 2 aromatic carbocycles. The van der Waals surface area contributed by atoms with E-state index in [-0.39, 0.29) is 21.3 Å². The third kappa shape index (κ3) is 4.55. The highest BCUT2D eigenvalue weighted by Crippen LogP contribution is 2.46. The number of Topliss-reactive ketones (excluding diaryl/α,β-unsaturated/α-hetero) is 1. The first-order chi connectivity index (χ1) is 17.7. The van der Waals surface area contributed by atoms with E-state index in [1.807, 2.05) is 6.92 Å². The molecular formula is C27H26N2O7S. The lowest BCUT2D eigenvalue weighted by Crippen LogP contribution is -2.29. The number of methoxy groups -OCH3 is 2. The molecule has 1 aliphatic heterocycles. The Bertz CT molecular complexity index is 1430. The van der Waals surface area contributed by atoms with Gasteiger partial charge in [-0.2, -0.15) is 0 Å². The number of para-hydroxylation sites is 1. The molecule has 1 aromatic heterocycles. The van der Waals surface area contributed by atoms with Crippen LogP contribution in [0.15, 0.2) is 48.0 Å². The molecule has 3 aromatic rings. The molecule has 192 valence electrons. The number of ether oxygens (including phenoxy) is 3. The van der Waals surface area contributed by atoms with E-state index in [1.54, 1.807) is 56.3 Å². The Morgan fingerprint density at radius 1 is 1.14 bits per heavy atom. The van der Waals surface area contributed by atoms with Gasteiger partial charge in [0.05, 0.1) is 32.1 Å². The maximum Gasteiger partial charge on any atom is 0.350 e. The van der Waals surface area contributed by atoms with Gasteiger partial charge in [-0.3, -0.25) is 14.5 Å². The number of aliphatic hydroxyl groups excluding tert-OH is 1. The number of ketones is 1. The number of anilines is 1. The van der Waals surface area contributed by atoms with Crippen molar-refractivity contribution in [3.05, 3.63) is 75.3 Å².